The van der Waals surface area contributed by atoms with E-state index >= 15 is 0 Å². The van der Waals surface area contributed by atoms with Crippen LogP contribution in [0, 0.1) is 0 Å². The molecule has 0 aromatic rings. The quantitative estimate of drug-likeness (QED) is 0.336. The van der Waals surface area contributed by atoms with Gasteiger partial charge in [0.2, 0.25) is 0 Å². The lowest BCUT2D eigenvalue weighted by Gasteiger charge is -2.40. The molecule has 0 amide bonds. The topological polar surface area (TPSA) is 52.1 Å². The van der Waals surface area contributed by atoms with E-state index in [0.29, 0.717) is 0 Å². The van der Waals surface area contributed by atoms with E-state index in [1.165, 1.54) is 32.4 Å². The molecule has 0 saturated carbocycles. The minimum Gasteiger partial charge on any atom is -0.385 e. The van der Waals surface area contributed by atoms with Crippen molar-refractivity contribution in [3.8, 4) is 0 Å². The molecule has 1 aliphatic heterocycles. The number of hydrogen-bond donors (Lipinski definition) is 2. The maximum Gasteiger partial charge on any atom is 0.191 e. The van der Waals surface area contributed by atoms with Crippen molar-refractivity contribution in [2.24, 2.45) is 4.99 Å². The maximum absolute atomic E-state index is 5.11. The van der Waals surface area contributed by atoms with Gasteiger partial charge in [-0.3, -0.25) is 9.89 Å². The molecule has 6 heteroatoms. The van der Waals surface area contributed by atoms with Crippen LogP contribution in [0.5, 0.6) is 0 Å². The van der Waals surface area contributed by atoms with Gasteiger partial charge in [-0.2, -0.15) is 0 Å². The third-order valence-corrected chi connectivity index (χ3v) is 4.85. The number of methoxy groups -OCH3 is 1. The van der Waals surface area contributed by atoms with E-state index in [9.17, 15) is 0 Å². The third kappa shape index (κ3) is 9.42. The normalized spacial score (nSPS) is 17.1. The Morgan fingerprint density at radius 2 is 1.88 bits per heavy atom. The van der Waals surface area contributed by atoms with Gasteiger partial charge in [0.1, 0.15) is 0 Å². The number of likely N-dealkylation sites (N-methyl/N-ethyl adjacent to an activating group) is 1. The largest absolute Gasteiger partial charge is 0.385 e. The van der Waals surface area contributed by atoms with E-state index in [1.807, 2.05) is 0 Å². The standard InChI is InChI=1S/C19H41N5O/c1-6-20-18(21-11-15-23(4)12-10-16-25-5)22-17-19(2,3)24-13-8-7-9-14-24/h6-17H2,1-5H3,(H2,20,21,22). The van der Waals surface area contributed by atoms with Gasteiger partial charge in [0.15, 0.2) is 5.96 Å². The molecule has 1 saturated heterocycles. The maximum atomic E-state index is 5.11. The van der Waals surface area contributed by atoms with E-state index < -0.39 is 0 Å². The fourth-order valence-electron chi connectivity index (χ4n) is 3.17. The minimum atomic E-state index is 0.125. The van der Waals surface area contributed by atoms with Crippen molar-refractivity contribution < 1.29 is 4.74 Å². The van der Waals surface area contributed by atoms with E-state index in [4.69, 9.17) is 9.73 Å². The highest BCUT2D eigenvalue weighted by Crippen LogP contribution is 2.20. The number of likely N-dealkylation sites (tertiary alicyclic amines) is 1. The lowest BCUT2D eigenvalue weighted by Crippen LogP contribution is -2.50. The Balaban J connectivity index is 2.39. The molecule has 2 N–H and O–H groups in total. The Hall–Kier alpha value is -0.850. The molecule has 148 valence electrons. The highest BCUT2D eigenvalue weighted by atomic mass is 16.5. The van der Waals surface area contributed by atoms with Crippen molar-refractivity contribution in [1.29, 1.82) is 0 Å². The van der Waals surface area contributed by atoms with Crippen LogP contribution in [0.25, 0.3) is 0 Å². The van der Waals surface area contributed by atoms with E-state index in [-0.39, 0.29) is 5.54 Å². The molecule has 0 atom stereocenters. The predicted molar refractivity (Wildman–Crippen MR) is 107 cm³/mol. The van der Waals surface area contributed by atoms with Crippen LogP contribution in [0.1, 0.15) is 46.5 Å². The van der Waals surface area contributed by atoms with Crippen LogP contribution in [-0.2, 0) is 4.74 Å². The monoisotopic (exact) mass is 355 g/mol. The molecule has 0 aromatic heterocycles. The highest BCUT2D eigenvalue weighted by Gasteiger charge is 2.27. The molecule has 0 aliphatic carbocycles. The Morgan fingerprint density at radius 1 is 1.16 bits per heavy atom. The second kappa shape index (κ2) is 12.5. The van der Waals surface area contributed by atoms with E-state index in [0.717, 1.165) is 51.7 Å². The van der Waals surface area contributed by atoms with Crippen LogP contribution in [0.3, 0.4) is 0 Å². The summed E-state index contributed by atoms with van der Waals surface area (Å²) in [5, 5.41) is 6.83. The van der Waals surface area contributed by atoms with Crippen molar-refractivity contribution in [2.75, 3.05) is 66.6 Å². The van der Waals surface area contributed by atoms with Crippen LogP contribution in [0.2, 0.25) is 0 Å². The third-order valence-electron chi connectivity index (χ3n) is 4.85. The zero-order valence-corrected chi connectivity index (χ0v) is 17.2. The smallest absolute Gasteiger partial charge is 0.191 e. The molecule has 0 spiro atoms. The van der Waals surface area contributed by atoms with Crippen LogP contribution in [-0.4, -0.2) is 87.9 Å². The summed E-state index contributed by atoms with van der Waals surface area (Å²) in [4.78, 5) is 9.76. The Bertz CT molecular complexity index is 367. The molecular weight excluding hydrogens is 314 g/mol. The van der Waals surface area contributed by atoms with Crippen LogP contribution in [0.4, 0.5) is 0 Å². The summed E-state index contributed by atoms with van der Waals surface area (Å²) in [5.41, 5.74) is 0.125. The lowest BCUT2D eigenvalue weighted by atomic mass is 9.99. The molecule has 0 aromatic carbocycles. The fourth-order valence-corrected chi connectivity index (χ4v) is 3.17. The number of rotatable bonds is 11. The number of guanidine groups is 1. The zero-order chi connectivity index (χ0) is 18.5. The van der Waals surface area contributed by atoms with Crippen molar-refractivity contribution in [1.82, 2.24) is 20.4 Å². The summed E-state index contributed by atoms with van der Waals surface area (Å²) in [6, 6.07) is 0. The highest BCUT2D eigenvalue weighted by molar-refractivity contribution is 5.79. The minimum absolute atomic E-state index is 0.125. The predicted octanol–water partition coefficient (Wildman–Crippen LogP) is 1.77. The molecule has 1 rings (SSSR count). The summed E-state index contributed by atoms with van der Waals surface area (Å²) in [5.74, 6) is 0.929. The number of hydrogen-bond acceptors (Lipinski definition) is 4. The van der Waals surface area contributed by atoms with Crippen molar-refractivity contribution in [3.05, 3.63) is 0 Å². The Morgan fingerprint density at radius 3 is 2.52 bits per heavy atom. The molecule has 1 heterocycles. The molecule has 1 aliphatic rings. The fraction of sp³-hybridized carbons (Fsp3) is 0.947. The average Bonchev–Trinajstić information content (AvgIpc) is 2.61. The van der Waals surface area contributed by atoms with E-state index in [1.54, 1.807) is 7.11 Å². The molecular formula is C19H41N5O. The van der Waals surface area contributed by atoms with Crippen LogP contribution < -0.4 is 10.6 Å². The summed E-state index contributed by atoms with van der Waals surface area (Å²) < 4.78 is 5.11. The molecule has 6 nitrogen and oxygen atoms in total. The first-order chi connectivity index (χ1) is 12.0. The first-order valence-electron chi connectivity index (χ1n) is 9.94. The van der Waals surface area contributed by atoms with Crippen molar-refractivity contribution >= 4 is 5.96 Å². The summed E-state index contributed by atoms with van der Waals surface area (Å²) in [6.07, 6.45) is 5.09. The lowest BCUT2D eigenvalue weighted by molar-refractivity contribution is 0.102. The van der Waals surface area contributed by atoms with E-state index in [2.05, 4.69) is 48.3 Å². The van der Waals surface area contributed by atoms with Gasteiger partial charge in [-0.1, -0.05) is 6.42 Å². The van der Waals surface area contributed by atoms with Crippen LogP contribution >= 0.6 is 0 Å². The van der Waals surface area contributed by atoms with Crippen molar-refractivity contribution in [3.63, 3.8) is 0 Å². The van der Waals surface area contributed by atoms with Gasteiger partial charge in [-0.05, 0) is 60.2 Å². The van der Waals surface area contributed by atoms with Gasteiger partial charge >= 0.3 is 0 Å². The second-order valence-corrected chi connectivity index (χ2v) is 7.63. The number of nitrogens with one attached hydrogen (secondary N) is 2. The Kier molecular flexibility index (Phi) is 11.1. The number of aliphatic imine (C=N–C) groups is 1. The SMILES string of the molecule is CCNC(=NCC(C)(C)N1CCCCC1)NCCN(C)CCCOC. The molecule has 1 fully saturated rings. The average molecular weight is 356 g/mol. The molecule has 0 bridgehead atoms. The van der Waals surface area contributed by atoms with Gasteiger partial charge in [0, 0.05) is 45.4 Å². The first-order valence-corrected chi connectivity index (χ1v) is 9.94. The van der Waals surface area contributed by atoms with Gasteiger partial charge < -0.3 is 20.3 Å². The number of ether oxygens (including phenoxy) is 1. The van der Waals surface area contributed by atoms with Crippen LogP contribution in [0.15, 0.2) is 4.99 Å². The van der Waals surface area contributed by atoms with Crippen molar-refractivity contribution in [2.45, 2.75) is 52.0 Å². The number of nitrogens with zero attached hydrogens (tertiary/aromatic N) is 3. The zero-order valence-electron chi connectivity index (χ0n) is 17.2. The molecule has 25 heavy (non-hydrogen) atoms. The van der Waals surface area contributed by atoms with Gasteiger partial charge in [-0.25, -0.2) is 0 Å². The molecule has 0 radical (unpaired) electrons. The van der Waals surface area contributed by atoms with Gasteiger partial charge in [-0.15, -0.1) is 0 Å². The number of piperidine rings is 1. The summed E-state index contributed by atoms with van der Waals surface area (Å²) in [7, 11) is 3.91. The first kappa shape index (κ1) is 22.2. The van der Waals surface area contributed by atoms with Gasteiger partial charge in [0.05, 0.1) is 6.54 Å². The second-order valence-electron chi connectivity index (χ2n) is 7.63. The summed E-state index contributed by atoms with van der Waals surface area (Å²) in [6.45, 7) is 14.7. The van der Waals surface area contributed by atoms with Gasteiger partial charge in [0.25, 0.3) is 0 Å². The summed E-state index contributed by atoms with van der Waals surface area (Å²) >= 11 is 0. The molecule has 0 unspecified atom stereocenters. The Labute approximate surface area is 155 Å².